The normalized spacial score (nSPS) is 21.1. The van der Waals surface area contributed by atoms with Crippen LogP contribution in [-0.2, 0) is 10.4 Å². The van der Waals surface area contributed by atoms with Crippen molar-refractivity contribution in [2.24, 2.45) is 0 Å². The maximum Gasteiger partial charge on any atom is 0.266 e. The molecule has 96 valence electrons. The Bertz CT molecular complexity index is 690. The number of nitrogens with one attached hydrogen (secondary N) is 1. The molecule has 1 aromatic carbocycles. The number of carbonyl (C=O) groups excluding carboxylic acids is 1. The lowest BCUT2D eigenvalue weighted by atomic mass is 9.88. The van der Waals surface area contributed by atoms with Crippen molar-refractivity contribution in [3.63, 3.8) is 0 Å². The maximum atomic E-state index is 13.8. The molecule has 0 aliphatic carbocycles. The minimum absolute atomic E-state index is 0.0115. The molecule has 6 heteroatoms. The van der Waals surface area contributed by atoms with Gasteiger partial charge in [-0.1, -0.05) is 12.1 Å². The second-order valence-electron chi connectivity index (χ2n) is 4.18. The Kier molecular flexibility index (Phi) is 2.36. The van der Waals surface area contributed by atoms with Gasteiger partial charge in [0.25, 0.3) is 5.91 Å². The van der Waals surface area contributed by atoms with Crippen LogP contribution in [0.3, 0.4) is 0 Å². The molecule has 2 N–H and O–H groups in total. The third-order valence-corrected chi connectivity index (χ3v) is 3.13. The summed E-state index contributed by atoms with van der Waals surface area (Å²) in [7, 11) is 0. The van der Waals surface area contributed by atoms with Crippen LogP contribution in [0.1, 0.15) is 11.1 Å². The molecular weight excluding hydrogens is 254 g/mol. The average molecular weight is 262 g/mol. The summed E-state index contributed by atoms with van der Waals surface area (Å²) in [5.74, 6) is -2.41. The van der Waals surface area contributed by atoms with Crippen LogP contribution in [0.5, 0.6) is 0 Å². The predicted molar refractivity (Wildman–Crippen MR) is 62.2 cm³/mol. The van der Waals surface area contributed by atoms with E-state index in [1.165, 1.54) is 24.4 Å². The molecular formula is C13H8F2N2O2. The number of benzene rings is 1. The summed E-state index contributed by atoms with van der Waals surface area (Å²) >= 11 is 0. The lowest BCUT2D eigenvalue weighted by molar-refractivity contribution is -0.129. The van der Waals surface area contributed by atoms with E-state index in [0.717, 1.165) is 12.3 Å². The number of fused-ring (bicyclic) bond motifs is 1. The molecule has 2 heterocycles. The van der Waals surface area contributed by atoms with Crippen molar-refractivity contribution < 1.29 is 18.7 Å². The van der Waals surface area contributed by atoms with Gasteiger partial charge in [-0.05, 0) is 12.1 Å². The minimum atomic E-state index is -2.25. The van der Waals surface area contributed by atoms with Crippen LogP contribution >= 0.6 is 0 Å². The molecule has 0 spiro atoms. The third-order valence-electron chi connectivity index (χ3n) is 3.13. The molecule has 19 heavy (non-hydrogen) atoms. The highest BCUT2D eigenvalue weighted by Crippen LogP contribution is 2.42. The Morgan fingerprint density at radius 1 is 1.16 bits per heavy atom. The maximum absolute atomic E-state index is 13.8. The molecule has 4 nitrogen and oxygen atoms in total. The van der Waals surface area contributed by atoms with Gasteiger partial charge in [0.1, 0.15) is 11.6 Å². The van der Waals surface area contributed by atoms with E-state index in [2.05, 4.69) is 10.3 Å². The molecule has 3 rings (SSSR count). The van der Waals surface area contributed by atoms with E-state index in [1.54, 1.807) is 0 Å². The second kappa shape index (κ2) is 3.83. The summed E-state index contributed by atoms with van der Waals surface area (Å²) in [5, 5.41) is 12.8. The molecule has 1 aromatic heterocycles. The largest absolute Gasteiger partial charge is 0.372 e. The van der Waals surface area contributed by atoms with E-state index in [0.29, 0.717) is 0 Å². The third kappa shape index (κ3) is 1.47. The summed E-state index contributed by atoms with van der Waals surface area (Å²) in [4.78, 5) is 15.5. The number of halogens is 2. The van der Waals surface area contributed by atoms with Crippen LogP contribution in [-0.4, -0.2) is 16.0 Å². The summed E-state index contributed by atoms with van der Waals surface area (Å²) in [5.41, 5.74) is -2.65. The molecule has 1 unspecified atom stereocenters. The molecule has 2 aromatic rings. The summed E-state index contributed by atoms with van der Waals surface area (Å²) in [6.45, 7) is 0. The first kappa shape index (κ1) is 11.7. The van der Waals surface area contributed by atoms with Crippen LogP contribution in [0.2, 0.25) is 0 Å². The molecule has 1 atom stereocenters. The standard InChI is InChI=1S/C13H8F2N2O2/c14-9-3-1-2-8-11(9)17-12(18)13(8,19)7-4-5-16-6-10(7)15/h1-6,19H,(H,17,18). The van der Waals surface area contributed by atoms with Crippen molar-refractivity contribution in [1.29, 1.82) is 0 Å². The Morgan fingerprint density at radius 3 is 2.68 bits per heavy atom. The second-order valence-corrected chi connectivity index (χ2v) is 4.18. The van der Waals surface area contributed by atoms with Gasteiger partial charge in [-0.2, -0.15) is 0 Å². The van der Waals surface area contributed by atoms with Crippen molar-refractivity contribution in [2.75, 3.05) is 5.32 Å². The lowest BCUT2D eigenvalue weighted by Gasteiger charge is -2.21. The van der Waals surface area contributed by atoms with E-state index in [-0.39, 0.29) is 16.8 Å². The minimum Gasteiger partial charge on any atom is -0.372 e. The Labute approximate surface area is 106 Å². The van der Waals surface area contributed by atoms with Gasteiger partial charge in [0.05, 0.1) is 11.9 Å². The smallest absolute Gasteiger partial charge is 0.266 e. The summed E-state index contributed by atoms with van der Waals surface area (Å²) in [6, 6.07) is 5.05. The number of hydrogen-bond donors (Lipinski definition) is 2. The topological polar surface area (TPSA) is 62.2 Å². The number of rotatable bonds is 1. The Hall–Kier alpha value is -2.34. The molecule has 1 aliphatic rings. The fourth-order valence-electron chi connectivity index (χ4n) is 2.21. The predicted octanol–water partition coefficient (Wildman–Crippen LogP) is 1.55. The van der Waals surface area contributed by atoms with Crippen LogP contribution in [0.4, 0.5) is 14.5 Å². The van der Waals surface area contributed by atoms with Crippen molar-refractivity contribution in [1.82, 2.24) is 4.98 Å². The molecule has 0 saturated carbocycles. The zero-order chi connectivity index (χ0) is 13.6. The highest BCUT2D eigenvalue weighted by atomic mass is 19.1. The number of hydrogen-bond acceptors (Lipinski definition) is 3. The van der Waals surface area contributed by atoms with Gasteiger partial charge in [0.2, 0.25) is 0 Å². The van der Waals surface area contributed by atoms with Gasteiger partial charge < -0.3 is 10.4 Å². The van der Waals surface area contributed by atoms with Gasteiger partial charge in [-0.3, -0.25) is 9.78 Å². The van der Waals surface area contributed by atoms with Crippen molar-refractivity contribution in [3.05, 3.63) is 59.4 Å². The van der Waals surface area contributed by atoms with Crippen LogP contribution in [0.25, 0.3) is 0 Å². The first-order valence-corrected chi connectivity index (χ1v) is 5.48. The average Bonchev–Trinajstić information content (AvgIpc) is 2.65. The highest BCUT2D eigenvalue weighted by molar-refractivity contribution is 6.07. The molecule has 1 aliphatic heterocycles. The monoisotopic (exact) mass is 262 g/mol. The highest BCUT2D eigenvalue weighted by Gasteiger charge is 2.49. The number of aliphatic hydroxyl groups is 1. The van der Waals surface area contributed by atoms with E-state index in [4.69, 9.17) is 0 Å². The zero-order valence-corrected chi connectivity index (χ0v) is 9.52. The first-order chi connectivity index (χ1) is 9.05. The summed E-state index contributed by atoms with van der Waals surface area (Å²) < 4.78 is 27.4. The van der Waals surface area contributed by atoms with Crippen LogP contribution in [0, 0.1) is 11.6 Å². The number of para-hydroxylation sites is 1. The summed E-state index contributed by atoms with van der Waals surface area (Å²) in [6.07, 6.45) is 2.14. The molecule has 1 amide bonds. The first-order valence-electron chi connectivity index (χ1n) is 5.48. The van der Waals surface area contributed by atoms with E-state index in [9.17, 15) is 18.7 Å². The zero-order valence-electron chi connectivity index (χ0n) is 9.52. The van der Waals surface area contributed by atoms with Gasteiger partial charge in [-0.15, -0.1) is 0 Å². The number of nitrogens with zero attached hydrogens (tertiary/aromatic N) is 1. The Morgan fingerprint density at radius 2 is 1.95 bits per heavy atom. The molecule has 0 saturated heterocycles. The fraction of sp³-hybridized carbons (Fsp3) is 0.0769. The van der Waals surface area contributed by atoms with Crippen molar-refractivity contribution in [2.45, 2.75) is 5.60 Å². The van der Waals surface area contributed by atoms with E-state index >= 15 is 0 Å². The van der Waals surface area contributed by atoms with Gasteiger partial charge >= 0.3 is 0 Å². The van der Waals surface area contributed by atoms with E-state index in [1.807, 2.05) is 0 Å². The fourth-order valence-corrected chi connectivity index (χ4v) is 2.21. The SMILES string of the molecule is O=C1Nc2c(F)cccc2C1(O)c1ccncc1F. The van der Waals surface area contributed by atoms with Crippen LogP contribution < -0.4 is 5.32 Å². The number of carbonyl (C=O) groups is 1. The Balaban J connectivity index is 2.30. The van der Waals surface area contributed by atoms with Crippen molar-refractivity contribution in [3.8, 4) is 0 Å². The number of amides is 1. The molecule has 0 bridgehead atoms. The van der Waals surface area contributed by atoms with Crippen molar-refractivity contribution >= 4 is 11.6 Å². The molecule has 0 fully saturated rings. The van der Waals surface area contributed by atoms with Gasteiger partial charge in [0, 0.05) is 17.3 Å². The lowest BCUT2D eigenvalue weighted by Crippen LogP contribution is -2.36. The molecule has 0 radical (unpaired) electrons. The number of aromatic nitrogens is 1. The van der Waals surface area contributed by atoms with Crippen LogP contribution in [0.15, 0.2) is 36.7 Å². The number of pyridine rings is 1. The quantitative estimate of drug-likeness (QED) is 0.819. The number of anilines is 1. The van der Waals surface area contributed by atoms with Gasteiger partial charge in [-0.25, -0.2) is 8.78 Å². The van der Waals surface area contributed by atoms with Gasteiger partial charge in [0.15, 0.2) is 5.60 Å². The van der Waals surface area contributed by atoms with E-state index < -0.39 is 23.1 Å².